The lowest BCUT2D eigenvalue weighted by Crippen LogP contribution is -2.54. The van der Waals surface area contributed by atoms with Gasteiger partial charge in [0.25, 0.3) is 11.8 Å². The molecule has 0 saturated carbocycles. The van der Waals surface area contributed by atoms with Crippen molar-refractivity contribution >= 4 is 51.5 Å². The second kappa shape index (κ2) is 10.4. The summed E-state index contributed by atoms with van der Waals surface area (Å²) >= 11 is 3.30. The number of anilines is 1. The van der Waals surface area contributed by atoms with Gasteiger partial charge in [0, 0.05) is 4.47 Å². The molecule has 0 radical (unpaired) electrons. The van der Waals surface area contributed by atoms with Crippen LogP contribution in [0.4, 0.5) is 10.5 Å². The zero-order chi connectivity index (χ0) is 25.8. The van der Waals surface area contributed by atoms with Gasteiger partial charge < -0.3 is 14.6 Å². The molecule has 2 N–H and O–H groups in total. The number of carbonyl (C=O) groups excluding carboxylic acids is 3. The average molecular weight is 551 g/mol. The molecule has 1 aliphatic rings. The summed E-state index contributed by atoms with van der Waals surface area (Å²) in [6.07, 6.45) is 1.37. The van der Waals surface area contributed by atoms with E-state index in [9.17, 15) is 19.2 Å². The van der Waals surface area contributed by atoms with Crippen LogP contribution in [-0.4, -0.2) is 36.0 Å². The molecule has 1 heterocycles. The Kier molecular flexibility index (Phi) is 7.16. The number of hydrogen-bond acceptors (Lipinski definition) is 6. The highest BCUT2D eigenvalue weighted by molar-refractivity contribution is 9.10. The Balaban J connectivity index is 1.55. The summed E-state index contributed by atoms with van der Waals surface area (Å²) in [5.74, 6) is -1.80. The van der Waals surface area contributed by atoms with E-state index in [0.29, 0.717) is 22.7 Å². The number of carboxylic acids is 1. The average Bonchev–Trinajstić information content (AvgIpc) is 2.86. The van der Waals surface area contributed by atoms with Gasteiger partial charge in [-0.3, -0.25) is 14.9 Å². The van der Waals surface area contributed by atoms with E-state index < -0.39 is 23.8 Å². The first kappa shape index (κ1) is 24.7. The van der Waals surface area contributed by atoms with E-state index in [1.807, 2.05) is 0 Å². The van der Waals surface area contributed by atoms with Crippen LogP contribution in [0.2, 0.25) is 0 Å². The van der Waals surface area contributed by atoms with Crippen molar-refractivity contribution in [1.29, 1.82) is 0 Å². The van der Waals surface area contributed by atoms with Crippen molar-refractivity contribution in [2.24, 2.45) is 0 Å². The molecule has 0 aliphatic carbocycles. The predicted molar refractivity (Wildman–Crippen MR) is 134 cm³/mol. The fourth-order valence-electron chi connectivity index (χ4n) is 3.45. The molecule has 1 aliphatic heterocycles. The SMILES string of the molecule is COc1cc(C=C2C(=O)NC(=O)N(c3ccc(Br)cc3)C2=O)ccc1OCc1ccc(C(=O)O)cc1. The van der Waals surface area contributed by atoms with Crippen molar-refractivity contribution in [3.63, 3.8) is 0 Å². The van der Waals surface area contributed by atoms with Crippen LogP contribution in [0.1, 0.15) is 21.5 Å². The number of methoxy groups -OCH3 is 1. The largest absolute Gasteiger partial charge is 0.493 e. The van der Waals surface area contributed by atoms with Gasteiger partial charge in [0.05, 0.1) is 18.4 Å². The van der Waals surface area contributed by atoms with Crippen molar-refractivity contribution in [2.75, 3.05) is 12.0 Å². The van der Waals surface area contributed by atoms with Gasteiger partial charge in [-0.15, -0.1) is 0 Å². The molecule has 0 bridgehead atoms. The number of nitrogens with one attached hydrogen (secondary N) is 1. The Morgan fingerprint density at radius 3 is 2.33 bits per heavy atom. The van der Waals surface area contributed by atoms with Crippen molar-refractivity contribution in [3.05, 3.63) is 93.5 Å². The molecule has 0 unspecified atom stereocenters. The molecular formula is C26H19BrN2O7. The molecule has 4 amide bonds. The number of hydrogen-bond donors (Lipinski definition) is 2. The lowest BCUT2D eigenvalue weighted by molar-refractivity contribution is -0.122. The highest BCUT2D eigenvalue weighted by atomic mass is 79.9. The second-order valence-corrected chi connectivity index (χ2v) is 8.55. The summed E-state index contributed by atoms with van der Waals surface area (Å²) in [5.41, 5.74) is 1.52. The number of carbonyl (C=O) groups is 4. The highest BCUT2D eigenvalue weighted by Gasteiger charge is 2.36. The minimum absolute atomic E-state index is 0.169. The van der Waals surface area contributed by atoms with Gasteiger partial charge in [-0.25, -0.2) is 14.5 Å². The molecular weight excluding hydrogens is 532 g/mol. The van der Waals surface area contributed by atoms with E-state index in [-0.39, 0.29) is 17.7 Å². The maximum atomic E-state index is 13.1. The fourth-order valence-corrected chi connectivity index (χ4v) is 3.71. The first-order valence-electron chi connectivity index (χ1n) is 10.6. The lowest BCUT2D eigenvalue weighted by Gasteiger charge is -2.26. The zero-order valence-electron chi connectivity index (χ0n) is 18.9. The lowest BCUT2D eigenvalue weighted by atomic mass is 10.1. The summed E-state index contributed by atoms with van der Waals surface area (Å²) in [4.78, 5) is 49.7. The van der Waals surface area contributed by atoms with Crippen molar-refractivity contribution in [2.45, 2.75) is 6.61 Å². The van der Waals surface area contributed by atoms with Crippen LogP contribution in [0, 0.1) is 0 Å². The fraction of sp³-hybridized carbons (Fsp3) is 0.0769. The molecule has 0 spiro atoms. The molecule has 3 aromatic rings. The number of halogens is 1. The number of barbiturate groups is 1. The third-order valence-corrected chi connectivity index (χ3v) is 5.81. The van der Waals surface area contributed by atoms with Gasteiger partial charge in [0.2, 0.25) is 0 Å². The first-order chi connectivity index (χ1) is 17.3. The molecule has 0 aromatic heterocycles. The number of urea groups is 1. The summed E-state index contributed by atoms with van der Waals surface area (Å²) in [6, 6.07) is 16.8. The minimum Gasteiger partial charge on any atom is -0.493 e. The van der Waals surface area contributed by atoms with Crippen molar-refractivity contribution < 1.29 is 33.8 Å². The number of ether oxygens (including phenoxy) is 2. The summed E-state index contributed by atoms with van der Waals surface area (Å²) in [5, 5.41) is 11.2. The number of amides is 4. The molecule has 182 valence electrons. The maximum Gasteiger partial charge on any atom is 0.335 e. The molecule has 0 atom stereocenters. The molecule has 9 nitrogen and oxygen atoms in total. The van der Waals surface area contributed by atoms with Crippen LogP contribution in [-0.2, 0) is 16.2 Å². The van der Waals surface area contributed by atoms with Gasteiger partial charge in [-0.05, 0) is 65.7 Å². The normalized spacial score (nSPS) is 14.6. The summed E-state index contributed by atoms with van der Waals surface area (Å²) in [7, 11) is 1.45. The van der Waals surface area contributed by atoms with Crippen molar-refractivity contribution in [1.82, 2.24) is 5.32 Å². The summed E-state index contributed by atoms with van der Waals surface area (Å²) < 4.78 is 12.0. The topological polar surface area (TPSA) is 122 Å². The molecule has 1 fully saturated rings. The third kappa shape index (κ3) is 5.28. The van der Waals surface area contributed by atoms with E-state index in [4.69, 9.17) is 14.6 Å². The van der Waals surface area contributed by atoms with E-state index in [1.54, 1.807) is 54.6 Å². The second-order valence-electron chi connectivity index (χ2n) is 7.64. The zero-order valence-corrected chi connectivity index (χ0v) is 20.4. The maximum absolute atomic E-state index is 13.1. The van der Waals surface area contributed by atoms with Crippen LogP contribution in [0.15, 0.2) is 76.8 Å². The molecule has 36 heavy (non-hydrogen) atoms. The Labute approximate surface area is 214 Å². The van der Waals surface area contributed by atoms with Gasteiger partial charge in [-0.1, -0.05) is 34.1 Å². The Morgan fingerprint density at radius 2 is 1.69 bits per heavy atom. The monoisotopic (exact) mass is 550 g/mol. The smallest absolute Gasteiger partial charge is 0.335 e. The van der Waals surface area contributed by atoms with E-state index in [0.717, 1.165) is 14.9 Å². The highest BCUT2D eigenvalue weighted by Crippen LogP contribution is 2.31. The minimum atomic E-state index is -1.01. The Hall–Kier alpha value is -4.44. The van der Waals surface area contributed by atoms with Crippen LogP contribution in [0.3, 0.4) is 0 Å². The Morgan fingerprint density at radius 1 is 1.00 bits per heavy atom. The van der Waals surface area contributed by atoms with Gasteiger partial charge in [0.15, 0.2) is 11.5 Å². The molecule has 4 rings (SSSR count). The van der Waals surface area contributed by atoms with Gasteiger partial charge >= 0.3 is 12.0 Å². The number of rotatable bonds is 7. The number of nitrogens with zero attached hydrogens (tertiary/aromatic N) is 1. The van der Waals surface area contributed by atoms with E-state index in [1.165, 1.54) is 25.3 Å². The van der Waals surface area contributed by atoms with Crippen molar-refractivity contribution in [3.8, 4) is 11.5 Å². The third-order valence-electron chi connectivity index (χ3n) is 5.28. The molecule has 10 heteroatoms. The molecule has 3 aromatic carbocycles. The Bertz CT molecular complexity index is 1380. The quantitative estimate of drug-likeness (QED) is 0.330. The number of benzene rings is 3. The van der Waals surface area contributed by atoms with Crippen LogP contribution >= 0.6 is 15.9 Å². The molecule has 1 saturated heterocycles. The van der Waals surface area contributed by atoms with Crippen LogP contribution < -0.4 is 19.7 Å². The number of aromatic carboxylic acids is 1. The van der Waals surface area contributed by atoms with Gasteiger partial charge in [-0.2, -0.15) is 0 Å². The number of imide groups is 2. The van der Waals surface area contributed by atoms with Gasteiger partial charge in [0.1, 0.15) is 12.2 Å². The summed E-state index contributed by atoms with van der Waals surface area (Å²) in [6.45, 7) is 0.169. The first-order valence-corrected chi connectivity index (χ1v) is 11.4. The predicted octanol–water partition coefficient (Wildman–Crippen LogP) is 4.40. The van der Waals surface area contributed by atoms with E-state index >= 15 is 0 Å². The van der Waals surface area contributed by atoms with Crippen LogP contribution in [0.25, 0.3) is 6.08 Å². The van der Waals surface area contributed by atoms with Crippen LogP contribution in [0.5, 0.6) is 11.5 Å². The number of carboxylic acid groups (broad SMARTS) is 1. The standard InChI is InChI=1S/C26H19BrN2O7/c1-35-22-13-16(4-11-21(22)36-14-15-2-5-17(6-3-15)25(32)33)12-20-23(30)28-26(34)29(24(20)31)19-9-7-18(27)8-10-19/h2-13H,14H2,1H3,(H,32,33)(H,28,30,34). The van der Waals surface area contributed by atoms with E-state index in [2.05, 4.69) is 21.2 Å².